The van der Waals surface area contributed by atoms with Crippen molar-refractivity contribution in [3.63, 3.8) is 0 Å². The molecule has 0 N–H and O–H groups in total. The van der Waals surface area contributed by atoms with Crippen LogP contribution in [0.2, 0.25) is 0 Å². The van der Waals surface area contributed by atoms with Gasteiger partial charge in [-0.25, -0.2) is 0 Å². The summed E-state index contributed by atoms with van der Waals surface area (Å²) in [4.78, 5) is 0. The van der Waals surface area contributed by atoms with Crippen molar-refractivity contribution in [1.29, 1.82) is 0 Å². The first-order valence-corrected chi connectivity index (χ1v) is 11.5. The fourth-order valence-corrected chi connectivity index (χ4v) is 6.08. The Hall–Kier alpha value is 0.640. The molecule has 8 heteroatoms. The minimum atomic E-state index is 0. The van der Waals surface area contributed by atoms with E-state index in [2.05, 4.69) is 71.4 Å². The average molecular weight is 634 g/mol. The first-order valence-electron chi connectivity index (χ1n) is 7.27. The zero-order valence-electron chi connectivity index (χ0n) is 14.7. The molecular formula is C17H20I2N2S4. The van der Waals surface area contributed by atoms with E-state index in [9.17, 15) is 0 Å². The van der Waals surface area contributed by atoms with E-state index in [4.69, 9.17) is 0 Å². The molecule has 2 heterocycles. The number of benzene rings is 1. The number of aromatic nitrogens is 2. The van der Waals surface area contributed by atoms with Crippen molar-refractivity contribution in [2.45, 2.75) is 29.5 Å². The predicted octanol–water partition coefficient (Wildman–Crippen LogP) is -1.26. The zero-order valence-corrected chi connectivity index (χ0v) is 22.3. The van der Waals surface area contributed by atoms with Crippen LogP contribution in [0.1, 0.15) is 17.0 Å². The van der Waals surface area contributed by atoms with Crippen LogP contribution in [0.3, 0.4) is 0 Å². The Morgan fingerprint density at radius 2 is 1.16 bits per heavy atom. The molecule has 25 heavy (non-hydrogen) atoms. The van der Waals surface area contributed by atoms with E-state index in [0.29, 0.717) is 0 Å². The lowest BCUT2D eigenvalue weighted by molar-refractivity contribution is -0.643. The first-order chi connectivity index (χ1) is 11.1. The molecule has 0 aliphatic heterocycles. The molecule has 0 saturated carbocycles. The molecule has 0 spiro atoms. The highest BCUT2D eigenvalue weighted by molar-refractivity contribution is 8.00. The lowest BCUT2D eigenvalue weighted by atomic mass is 10.1. The summed E-state index contributed by atoms with van der Waals surface area (Å²) in [7, 11) is 0. The number of rotatable bonds is 4. The fourth-order valence-electron chi connectivity index (χ4n) is 2.72. The third kappa shape index (κ3) is 4.56. The number of nitrogens with zero attached hydrogens (tertiary/aromatic N) is 2. The van der Waals surface area contributed by atoms with Gasteiger partial charge in [0.25, 0.3) is 0 Å². The zero-order chi connectivity index (χ0) is 16.6. The maximum Gasteiger partial charge on any atom is 0.303 e. The molecule has 0 fully saturated rings. The minimum absolute atomic E-state index is 0. The molecule has 2 aromatic heterocycles. The van der Waals surface area contributed by atoms with Crippen molar-refractivity contribution < 1.29 is 57.1 Å². The predicted molar refractivity (Wildman–Crippen MR) is 103 cm³/mol. The Morgan fingerprint density at radius 1 is 0.760 bits per heavy atom. The highest BCUT2D eigenvalue weighted by Crippen LogP contribution is 2.26. The third-order valence-corrected chi connectivity index (χ3v) is 8.17. The fraction of sp³-hybridized carbons (Fsp3) is 0.294. The van der Waals surface area contributed by atoms with Crippen LogP contribution in [-0.2, 0) is 0 Å². The maximum atomic E-state index is 2.37. The van der Waals surface area contributed by atoms with E-state index in [1.165, 1.54) is 37.0 Å². The number of hydrogen-bond acceptors (Lipinski definition) is 4. The summed E-state index contributed by atoms with van der Waals surface area (Å²) in [6.45, 7) is 6.59. The second-order valence-electron chi connectivity index (χ2n) is 5.29. The Bertz CT molecular complexity index is 792. The summed E-state index contributed by atoms with van der Waals surface area (Å²) in [5, 5.41) is 4.46. The average Bonchev–Trinajstić information content (AvgIpc) is 3.10. The smallest absolute Gasteiger partial charge is 0.303 e. The number of hydrogen-bond donors (Lipinski definition) is 0. The maximum absolute atomic E-state index is 2.37. The van der Waals surface area contributed by atoms with Gasteiger partial charge in [0.05, 0.1) is 16.3 Å². The van der Waals surface area contributed by atoms with E-state index in [1.54, 1.807) is 23.5 Å². The molecule has 2 nitrogen and oxygen atoms in total. The van der Waals surface area contributed by atoms with Crippen molar-refractivity contribution in [3.8, 4) is 11.4 Å². The van der Waals surface area contributed by atoms with E-state index in [0.717, 1.165) is 0 Å². The summed E-state index contributed by atoms with van der Waals surface area (Å²) in [6.07, 6.45) is 4.29. The standard InChI is InChI=1S/C17H20N2S4.2HI/c1-11-9-22-16(20-4)18(11)14-7-6-8-15(13(14)3)19-12(2)10-23-17(19)21-5;;/h6-10H,1-5H3;2*1H/q+2;;/p-2. The molecule has 0 unspecified atom stereocenters. The van der Waals surface area contributed by atoms with Crippen LogP contribution in [0.25, 0.3) is 11.4 Å². The molecule has 0 atom stereocenters. The summed E-state index contributed by atoms with van der Waals surface area (Å²) in [5.74, 6) is 0. The van der Waals surface area contributed by atoms with Crippen LogP contribution >= 0.6 is 46.2 Å². The van der Waals surface area contributed by atoms with Crippen LogP contribution in [-0.4, -0.2) is 12.5 Å². The Kier molecular flexibility index (Phi) is 9.72. The summed E-state index contributed by atoms with van der Waals surface area (Å²) in [6, 6.07) is 6.61. The Balaban J connectivity index is 0.00000156. The number of thiazole rings is 2. The van der Waals surface area contributed by atoms with Gasteiger partial charge in [-0.3, -0.25) is 0 Å². The second-order valence-corrected chi connectivity index (χ2v) is 9.11. The van der Waals surface area contributed by atoms with Crippen molar-refractivity contribution in [3.05, 3.63) is 45.9 Å². The van der Waals surface area contributed by atoms with Gasteiger partial charge in [-0.1, -0.05) is 22.7 Å². The summed E-state index contributed by atoms with van der Waals surface area (Å²) in [5.41, 5.74) is 6.44. The highest BCUT2D eigenvalue weighted by atomic mass is 127. The molecule has 0 saturated heterocycles. The topological polar surface area (TPSA) is 7.76 Å². The van der Waals surface area contributed by atoms with Gasteiger partial charge in [0, 0.05) is 26.0 Å². The molecular weight excluding hydrogens is 614 g/mol. The Morgan fingerprint density at radius 3 is 1.52 bits per heavy atom. The minimum Gasteiger partial charge on any atom is -1.00 e. The summed E-state index contributed by atoms with van der Waals surface area (Å²) < 4.78 is 7.38. The quantitative estimate of drug-likeness (QED) is 0.201. The van der Waals surface area contributed by atoms with E-state index >= 15 is 0 Å². The molecule has 3 aromatic rings. The van der Waals surface area contributed by atoms with Gasteiger partial charge in [0.15, 0.2) is 11.4 Å². The van der Waals surface area contributed by atoms with E-state index < -0.39 is 0 Å². The SMILES string of the molecule is CSc1scc(C)[n+]1-c1cccc(-[n+]2c(C)csc2SC)c1C.[I-].[I-]. The van der Waals surface area contributed by atoms with Crippen LogP contribution in [0.5, 0.6) is 0 Å². The van der Waals surface area contributed by atoms with Gasteiger partial charge in [-0.15, -0.1) is 9.13 Å². The first kappa shape index (κ1) is 23.7. The van der Waals surface area contributed by atoms with Gasteiger partial charge in [0.1, 0.15) is 0 Å². The van der Waals surface area contributed by atoms with Crippen molar-refractivity contribution in [2.24, 2.45) is 0 Å². The largest absolute Gasteiger partial charge is 1.00 e. The lowest BCUT2D eigenvalue weighted by Gasteiger charge is -2.05. The third-order valence-electron chi connectivity index (χ3n) is 3.84. The molecule has 0 radical (unpaired) electrons. The molecule has 0 bridgehead atoms. The normalized spacial score (nSPS) is 10.3. The number of halogens is 2. The molecule has 1 aromatic carbocycles. The highest BCUT2D eigenvalue weighted by Gasteiger charge is 2.28. The van der Waals surface area contributed by atoms with Crippen LogP contribution in [0, 0.1) is 20.8 Å². The number of aryl methyl sites for hydroxylation is 2. The van der Waals surface area contributed by atoms with E-state index in [1.807, 2.05) is 22.7 Å². The van der Waals surface area contributed by atoms with Crippen LogP contribution in [0.15, 0.2) is 37.6 Å². The van der Waals surface area contributed by atoms with Gasteiger partial charge < -0.3 is 48.0 Å². The molecule has 0 aliphatic rings. The molecule has 0 aliphatic carbocycles. The molecule has 0 amide bonds. The van der Waals surface area contributed by atoms with Crippen molar-refractivity contribution >= 4 is 46.2 Å². The summed E-state index contributed by atoms with van der Waals surface area (Å²) >= 11 is 7.23. The monoisotopic (exact) mass is 634 g/mol. The van der Waals surface area contributed by atoms with Gasteiger partial charge in [0.2, 0.25) is 11.4 Å². The molecule has 3 rings (SSSR count). The lowest BCUT2D eigenvalue weighted by Crippen LogP contribution is -3.00. The van der Waals surface area contributed by atoms with Crippen molar-refractivity contribution in [1.82, 2.24) is 0 Å². The molecule has 136 valence electrons. The van der Waals surface area contributed by atoms with Crippen LogP contribution in [0.4, 0.5) is 0 Å². The Labute approximate surface area is 200 Å². The van der Waals surface area contributed by atoms with Gasteiger partial charge in [-0.05, 0) is 49.0 Å². The van der Waals surface area contributed by atoms with E-state index in [-0.39, 0.29) is 48.0 Å². The number of thioether (sulfide) groups is 2. The van der Waals surface area contributed by atoms with Crippen LogP contribution < -0.4 is 57.1 Å². The second kappa shape index (κ2) is 10.3. The van der Waals surface area contributed by atoms with Crippen molar-refractivity contribution in [2.75, 3.05) is 12.5 Å². The van der Waals surface area contributed by atoms with Gasteiger partial charge >= 0.3 is 8.68 Å². The van der Waals surface area contributed by atoms with Gasteiger partial charge in [-0.2, -0.15) is 0 Å².